The molecule has 2 aromatic carbocycles. The number of benzene rings is 2. The zero-order valence-electron chi connectivity index (χ0n) is 12.1. The maximum atomic E-state index is 5.80. The molecule has 0 heterocycles. The molecule has 2 aromatic rings. The molecule has 0 amide bonds. The van der Waals surface area contributed by atoms with E-state index < -0.39 is 0 Å². The van der Waals surface area contributed by atoms with Gasteiger partial charge in [-0.25, -0.2) is 0 Å². The van der Waals surface area contributed by atoms with Crippen LogP contribution in [-0.2, 0) is 19.4 Å². The van der Waals surface area contributed by atoms with Crippen LogP contribution in [0.1, 0.15) is 30.0 Å². The van der Waals surface area contributed by atoms with E-state index in [1.807, 2.05) is 12.1 Å². The second kappa shape index (κ2) is 7.71. The third-order valence-corrected chi connectivity index (χ3v) is 3.32. The third-order valence-electron chi connectivity index (χ3n) is 3.32. The monoisotopic (exact) mass is 269 g/mol. The van der Waals surface area contributed by atoms with Gasteiger partial charge in [0.15, 0.2) is 0 Å². The first-order valence-corrected chi connectivity index (χ1v) is 7.31. The van der Waals surface area contributed by atoms with Crippen molar-refractivity contribution < 1.29 is 4.74 Å². The van der Waals surface area contributed by atoms with Gasteiger partial charge in [-0.15, -0.1) is 0 Å². The van der Waals surface area contributed by atoms with Crippen molar-refractivity contribution in [2.24, 2.45) is 5.73 Å². The SMILES string of the molecule is CCCc1ccc(OCc2ccc(CCN)cc2)cc1. The number of aryl methyl sites for hydroxylation is 1. The van der Waals surface area contributed by atoms with Gasteiger partial charge in [0.05, 0.1) is 0 Å². The summed E-state index contributed by atoms with van der Waals surface area (Å²) in [6, 6.07) is 16.8. The van der Waals surface area contributed by atoms with Gasteiger partial charge < -0.3 is 10.5 Å². The lowest BCUT2D eigenvalue weighted by atomic mass is 10.1. The van der Waals surface area contributed by atoms with E-state index in [1.165, 1.54) is 23.1 Å². The Balaban J connectivity index is 1.87. The summed E-state index contributed by atoms with van der Waals surface area (Å²) in [6.45, 7) is 3.49. The predicted molar refractivity (Wildman–Crippen MR) is 84.0 cm³/mol. The number of rotatable bonds is 7. The second-order valence-electron chi connectivity index (χ2n) is 5.04. The van der Waals surface area contributed by atoms with Gasteiger partial charge >= 0.3 is 0 Å². The van der Waals surface area contributed by atoms with Crippen LogP contribution in [0.5, 0.6) is 5.75 Å². The lowest BCUT2D eigenvalue weighted by Crippen LogP contribution is -2.03. The summed E-state index contributed by atoms with van der Waals surface area (Å²) >= 11 is 0. The molecule has 0 aliphatic carbocycles. The Bertz CT molecular complexity index is 452. The van der Waals surface area contributed by atoms with Gasteiger partial charge in [-0.1, -0.05) is 49.7 Å². The van der Waals surface area contributed by atoms with Crippen molar-refractivity contribution in [1.29, 1.82) is 0 Å². The molecule has 0 aromatic heterocycles. The van der Waals surface area contributed by atoms with Gasteiger partial charge in [0.2, 0.25) is 0 Å². The van der Waals surface area contributed by atoms with E-state index in [9.17, 15) is 0 Å². The number of ether oxygens (including phenoxy) is 1. The highest BCUT2D eigenvalue weighted by Gasteiger charge is 1.98. The van der Waals surface area contributed by atoms with E-state index in [0.29, 0.717) is 13.2 Å². The van der Waals surface area contributed by atoms with E-state index >= 15 is 0 Å². The molecule has 0 aliphatic rings. The molecule has 0 aliphatic heterocycles. The molecule has 0 unspecified atom stereocenters. The molecule has 2 heteroatoms. The van der Waals surface area contributed by atoms with Crippen molar-refractivity contribution in [1.82, 2.24) is 0 Å². The minimum absolute atomic E-state index is 0.607. The van der Waals surface area contributed by atoms with Crippen LogP contribution in [0.25, 0.3) is 0 Å². The minimum atomic E-state index is 0.607. The molecule has 106 valence electrons. The summed E-state index contributed by atoms with van der Waals surface area (Å²) in [5.74, 6) is 0.927. The largest absolute Gasteiger partial charge is 0.489 e. The van der Waals surface area contributed by atoms with Crippen molar-refractivity contribution >= 4 is 0 Å². The van der Waals surface area contributed by atoms with E-state index in [2.05, 4.69) is 43.3 Å². The zero-order valence-corrected chi connectivity index (χ0v) is 12.1. The van der Waals surface area contributed by atoms with E-state index in [1.54, 1.807) is 0 Å². The summed E-state index contributed by atoms with van der Waals surface area (Å²) in [7, 11) is 0. The third kappa shape index (κ3) is 4.39. The van der Waals surface area contributed by atoms with Crippen molar-refractivity contribution in [3.05, 3.63) is 65.2 Å². The molecule has 0 bridgehead atoms. The zero-order chi connectivity index (χ0) is 14.2. The standard InChI is InChI=1S/C18H23NO/c1-2-3-15-8-10-18(11-9-15)20-14-17-6-4-16(5-7-17)12-13-19/h4-11H,2-3,12-14,19H2,1H3. The summed E-state index contributed by atoms with van der Waals surface area (Å²) in [6.07, 6.45) is 3.23. The van der Waals surface area contributed by atoms with Crippen LogP contribution in [0.3, 0.4) is 0 Å². The fourth-order valence-electron chi connectivity index (χ4n) is 2.18. The van der Waals surface area contributed by atoms with Crippen LogP contribution < -0.4 is 10.5 Å². The van der Waals surface area contributed by atoms with Gasteiger partial charge in [-0.3, -0.25) is 0 Å². The van der Waals surface area contributed by atoms with E-state index in [0.717, 1.165) is 18.6 Å². The van der Waals surface area contributed by atoms with Crippen molar-refractivity contribution in [2.75, 3.05) is 6.54 Å². The lowest BCUT2D eigenvalue weighted by molar-refractivity contribution is 0.306. The quantitative estimate of drug-likeness (QED) is 0.831. The van der Waals surface area contributed by atoms with E-state index in [4.69, 9.17) is 10.5 Å². The average Bonchev–Trinajstić information content (AvgIpc) is 2.49. The molecule has 20 heavy (non-hydrogen) atoms. The van der Waals surface area contributed by atoms with Crippen LogP contribution >= 0.6 is 0 Å². The molecule has 0 fully saturated rings. The molecule has 0 atom stereocenters. The fourth-order valence-corrected chi connectivity index (χ4v) is 2.18. The van der Waals surface area contributed by atoms with Crippen LogP contribution in [0.4, 0.5) is 0 Å². The van der Waals surface area contributed by atoms with Crippen LogP contribution in [0.2, 0.25) is 0 Å². The Kier molecular flexibility index (Phi) is 5.63. The Morgan fingerprint density at radius 1 is 0.800 bits per heavy atom. The second-order valence-corrected chi connectivity index (χ2v) is 5.04. The first-order valence-electron chi connectivity index (χ1n) is 7.31. The first-order chi connectivity index (χ1) is 9.81. The molecule has 0 spiro atoms. The maximum Gasteiger partial charge on any atom is 0.119 e. The summed E-state index contributed by atoms with van der Waals surface area (Å²) < 4.78 is 5.80. The summed E-state index contributed by atoms with van der Waals surface area (Å²) in [4.78, 5) is 0. The Morgan fingerprint density at radius 3 is 1.95 bits per heavy atom. The first kappa shape index (κ1) is 14.6. The van der Waals surface area contributed by atoms with E-state index in [-0.39, 0.29) is 0 Å². The van der Waals surface area contributed by atoms with Crippen LogP contribution in [-0.4, -0.2) is 6.54 Å². The number of nitrogens with two attached hydrogens (primary N) is 1. The lowest BCUT2D eigenvalue weighted by Gasteiger charge is -2.08. The maximum absolute atomic E-state index is 5.80. The molecule has 0 radical (unpaired) electrons. The van der Waals surface area contributed by atoms with Gasteiger partial charge in [-0.05, 0) is 48.2 Å². The van der Waals surface area contributed by atoms with Crippen molar-refractivity contribution in [3.63, 3.8) is 0 Å². The normalized spacial score (nSPS) is 10.5. The van der Waals surface area contributed by atoms with Gasteiger partial charge in [-0.2, -0.15) is 0 Å². The smallest absolute Gasteiger partial charge is 0.119 e. The molecule has 0 saturated heterocycles. The Morgan fingerprint density at radius 2 is 1.35 bits per heavy atom. The van der Waals surface area contributed by atoms with Gasteiger partial charge in [0.25, 0.3) is 0 Å². The van der Waals surface area contributed by atoms with Crippen LogP contribution in [0, 0.1) is 0 Å². The average molecular weight is 269 g/mol. The molecule has 2 N–H and O–H groups in total. The van der Waals surface area contributed by atoms with Crippen LogP contribution in [0.15, 0.2) is 48.5 Å². The molecular formula is C18H23NO. The van der Waals surface area contributed by atoms with Gasteiger partial charge in [0.1, 0.15) is 12.4 Å². The number of hydrogen-bond donors (Lipinski definition) is 1. The van der Waals surface area contributed by atoms with Crippen molar-refractivity contribution in [3.8, 4) is 5.75 Å². The topological polar surface area (TPSA) is 35.2 Å². The Hall–Kier alpha value is -1.80. The summed E-state index contributed by atoms with van der Waals surface area (Å²) in [5.41, 5.74) is 9.37. The fraction of sp³-hybridized carbons (Fsp3) is 0.333. The molecule has 0 saturated carbocycles. The highest BCUT2D eigenvalue weighted by Crippen LogP contribution is 2.15. The highest BCUT2D eigenvalue weighted by molar-refractivity contribution is 5.28. The van der Waals surface area contributed by atoms with Crippen molar-refractivity contribution in [2.45, 2.75) is 32.8 Å². The highest BCUT2D eigenvalue weighted by atomic mass is 16.5. The predicted octanol–water partition coefficient (Wildman–Crippen LogP) is 3.72. The minimum Gasteiger partial charge on any atom is -0.489 e. The molecular weight excluding hydrogens is 246 g/mol. The molecule has 2 rings (SSSR count). The molecule has 2 nitrogen and oxygen atoms in total. The Labute approximate surface area is 121 Å². The number of hydrogen-bond acceptors (Lipinski definition) is 2. The van der Waals surface area contributed by atoms with Gasteiger partial charge in [0, 0.05) is 0 Å². The summed E-state index contributed by atoms with van der Waals surface area (Å²) in [5, 5.41) is 0.